The summed E-state index contributed by atoms with van der Waals surface area (Å²) in [6.07, 6.45) is 4.51. The van der Waals surface area contributed by atoms with Gasteiger partial charge in [0.15, 0.2) is 5.82 Å². The van der Waals surface area contributed by atoms with E-state index in [1.165, 1.54) is 0 Å². The molecule has 0 bridgehead atoms. The first kappa shape index (κ1) is 14.7. The van der Waals surface area contributed by atoms with Gasteiger partial charge in [0, 0.05) is 12.0 Å². The molecule has 6 heteroatoms. The Morgan fingerprint density at radius 2 is 2.17 bits per heavy atom. The standard InChI is InChI=1S/C18H17N3O3/c1-11-19-18(24-21-11)13-6-3-2-5-12(13)17(22)20-15-7-4-8-16-14(15)9-10-23-16/h2-3,5-6,9-10,15H,4,7-8H2,1H3,(H,20,22)/t15-/m0/s1. The average Bonchev–Trinajstić information content (AvgIpc) is 3.24. The Labute approximate surface area is 138 Å². The first-order valence-electron chi connectivity index (χ1n) is 7.99. The summed E-state index contributed by atoms with van der Waals surface area (Å²) in [4.78, 5) is 17.0. The Kier molecular flexibility index (Phi) is 3.65. The molecule has 4 rings (SSSR count). The first-order chi connectivity index (χ1) is 11.7. The van der Waals surface area contributed by atoms with E-state index in [1.807, 2.05) is 24.3 Å². The maximum atomic E-state index is 12.8. The third-order valence-electron chi connectivity index (χ3n) is 4.29. The Bertz CT molecular complexity index is 881. The molecule has 0 aliphatic heterocycles. The van der Waals surface area contributed by atoms with Gasteiger partial charge in [-0.1, -0.05) is 17.3 Å². The van der Waals surface area contributed by atoms with E-state index in [0.29, 0.717) is 22.8 Å². The van der Waals surface area contributed by atoms with Crippen LogP contribution in [0.15, 0.2) is 45.5 Å². The minimum atomic E-state index is -0.152. The number of hydrogen-bond acceptors (Lipinski definition) is 5. The molecule has 3 aromatic rings. The normalized spacial score (nSPS) is 16.6. The maximum absolute atomic E-state index is 12.8. The molecule has 122 valence electrons. The van der Waals surface area contributed by atoms with Gasteiger partial charge in [0.1, 0.15) is 5.76 Å². The average molecular weight is 323 g/mol. The van der Waals surface area contributed by atoms with Crippen molar-refractivity contribution >= 4 is 5.91 Å². The molecule has 0 fully saturated rings. The number of aryl methyl sites for hydroxylation is 2. The van der Waals surface area contributed by atoms with Crippen molar-refractivity contribution in [2.45, 2.75) is 32.2 Å². The van der Waals surface area contributed by atoms with Crippen LogP contribution in [0.3, 0.4) is 0 Å². The van der Waals surface area contributed by atoms with E-state index in [2.05, 4.69) is 15.5 Å². The molecular weight excluding hydrogens is 306 g/mol. The minimum Gasteiger partial charge on any atom is -0.469 e. The molecule has 1 aromatic carbocycles. The van der Waals surface area contributed by atoms with Gasteiger partial charge in [0.2, 0.25) is 0 Å². The quantitative estimate of drug-likeness (QED) is 0.798. The smallest absolute Gasteiger partial charge is 0.258 e. The predicted octanol–water partition coefficient (Wildman–Crippen LogP) is 3.45. The number of benzene rings is 1. The van der Waals surface area contributed by atoms with Crippen molar-refractivity contribution < 1.29 is 13.7 Å². The number of carbonyl (C=O) groups excluding carboxylic acids is 1. The lowest BCUT2D eigenvalue weighted by Gasteiger charge is -2.23. The minimum absolute atomic E-state index is 0.0301. The highest BCUT2D eigenvalue weighted by Crippen LogP contribution is 2.31. The molecule has 0 saturated heterocycles. The molecule has 1 aliphatic rings. The van der Waals surface area contributed by atoms with Gasteiger partial charge in [0.05, 0.1) is 23.4 Å². The number of furan rings is 1. The maximum Gasteiger partial charge on any atom is 0.258 e. The Morgan fingerprint density at radius 1 is 1.29 bits per heavy atom. The Morgan fingerprint density at radius 3 is 3.00 bits per heavy atom. The predicted molar refractivity (Wildman–Crippen MR) is 86.3 cm³/mol. The van der Waals surface area contributed by atoms with Crippen LogP contribution < -0.4 is 5.32 Å². The molecule has 1 N–H and O–H groups in total. The number of nitrogens with zero attached hydrogens (tertiary/aromatic N) is 2. The van der Waals surface area contributed by atoms with Crippen molar-refractivity contribution in [3.8, 4) is 11.5 Å². The van der Waals surface area contributed by atoms with Crippen molar-refractivity contribution in [3.05, 3.63) is 59.3 Å². The van der Waals surface area contributed by atoms with E-state index >= 15 is 0 Å². The topological polar surface area (TPSA) is 81.2 Å². The third kappa shape index (κ3) is 2.60. The molecule has 0 radical (unpaired) electrons. The summed E-state index contributed by atoms with van der Waals surface area (Å²) in [5, 5.41) is 6.91. The van der Waals surface area contributed by atoms with Gasteiger partial charge < -0.3 is 14.3 Å². The summed E-state index contributed by atoms with van der Waals surface area (Å²) >= 11 is 0. The van der Waals surface area contributed by atoms with Crippen LogP contribution in [0.4, 0.5) is 0 Å². The zero-order chi connectivity index (χ0) is 16.5. The van der Waals surface area contributed by atoms with Crippen LogP contribution in [-0.2, 0) is 6.42 Å². The molecule has 6 nitrogen and oxygen atoms in total. The number of amides is 1. The van der Waals surface area contributed by atoms with Crippen molar-refractivity contribution in [1.82, 2.24) is 15.5 Å². The number of fused-ring (bicyclic) bond motifs is 1. The van der Waals surface area contributed by atoms with Crippen LogP contribution in [0.1, 0.15) is 46.4 Å². The van der Waals surface area contributed by atoms with Gasteiger partial charge in [-0.05, 0) is 38.0 Å². The number of rotatable bonds is 3. The molecule has 0 saturated carbocycles. The number of carbonyl (C=O) groups is 1. The summed E-state index contributed by atoms with van der Waals surface area (Å²) < 4.78 is 10.7. The fourth-order valence-corrected chi connectivity index (χ4v) is 3.15. The van der Waals surface area contributed by atoms with Gasteiger partial charge in [-0.2, -0.15) is 4.98 Å². The fraction of sp³-hybridized carbons (Fsp3) is 0.278. The molecule has 24 heavy (non-hydrogen) atoms. The third-order valence-corrected chi connectivity index (χ3v) is 4.29. The largest absolute Gasteiger partial charge is 0.469 e. The van der Waals surface area contributed by atoms with E-state index in [1.54, 1.807) is 19.3 Å². The van der Waals surface area contributed by atoms with E-state index < -0.39 is 0 Å². The van der Waals surface area contributed by atoms with Gasteiger partial charge in [0.25, 0.3) is 11.8 Å². The van der Waals surface area contributed by atoms with Crippen molar-refractivity contribution in [1.29, 1.82) is 0 Å². The van der Waals surface area contributed by atoms with Gasteiger partial charge in [-0.3, -0.25) is 4.79 Å². The monoisotopic (exact) mass is 323 g/mol. The second-order valence-corrected chi connectivity index (χ2v) is 5.91. The summed E-state index contributed by atoms with van der Waals surface area (Å²) in [6.45, 7) is 1.75. The molecular formula is C18H17N3O3. The van der Waals surface area contributed by atoms with Gasteiger partial charge in [-0.25, -0.2) is 0 Å². The number of nitrogens with one attached hydrogen (secondary N) is 1. The molecule has 1 amide bonds. The Hall–Kier alpha value is -2.89. The zero-order valence-corrected chi connectivity index (χ0v) is 13.3. The highest BCUT2D eigenvalue weighted by molar-refractivity contribution is 6.00. The van der Waals surface area contributed by atoms with Crippen LogP contribution in [0.25, 0.3) is 11.5 Å². The van der Waals surface area contributed by atoms with E-state index in [0.717, 1.165) is 30.6 Å². The highest BCUT2D eigenvalue weighted by atomic mass is 16.5. The molecule has 0 spiro atoms. The molecule has 2 aromatic heterocycles. The second-order valence-electron chi connectivity index (χ2n) is 5.91. The first-order valence-corrected chi connectivity index (χ1v) is 7.99. The zero-order valence-electron chi connectivity index (χ0n) is 13.3. The summed E-state index contributed by atoms with van der Waals surface area (Å²) in [6, 6.07) is 9.16. The summed E-state index contributed by atoms with van der Waals surface area (Å²) in [5.74, 6) is 1.70. The van der Waals surface area contributed by atoms with Crippen LogP contribution in [0.2, 0.25) is 0 Å². The molecule has 1 atom stereocenters. The lowest BCUT2D eigenvalue weighted by molar-refractivity contribution is 0.0932. The second kappa shape index (κ2) is 5.96. The van der Waals surface area contributed by atoms with E-state index in [9.17, 15) is 4.79 Å². The summed E-state index contributed by atoms with van der Waals surface area (Å²) in [7, 11) is 0. The van der Waals surface area contributed by atoms with E-state index in [4.69, 9.17) is 8.94 Å². The Balaban J connectivity index is 1.62. The molecule has 0 unspecified atom stereocenters. The van der Waals surface area contributed by atoms with Gasteiger partial charge >= 0.3 is 0 Å². The van der Waals surface area contributed by atoms with Crippen LogP contribution >= 0.6 is 0 Å². The number of aromatic nitrogens is 2. The summed E-state index contributed by atoms with van der Waals surface area (Å²) in [5.41, 5.74) is 2.23. The van der Waals surface area contributed by atoms with Gasteiger partial charge in [-0.15, -0.1) is 0 Å². The van der Waals surface area contributed by atoms with E-state index in [-0.39, 0.29) is 11.9 Å². The fourth-order valence-electron chi connectivity index (χ4n) is 3.15. The van der Waals surface area contributed by atoms with Crippen LogP contribution in [0.5, 0.6) is 0 Å². The number of hydrogen-bond donors (Lipinski definition) is 1. The van der Waals surface area contributed by atoms with Crippen molar-refractivity contribution in [3.63, 3.8) is 0 Å². The van der Waals surface area contributed by atoms with Crippen LogP contribution in [0, 0.1) is 6.92 Å². The van der Waals surface area contributed by atoms with Crippen molar-refractivity contribution in [2.24, 2.45) is 0 Å². The highest BCUT2D eigenvalue weighted by Gasteiger charge is 2.25. The SMILES string of the molecule is Cc1noc(-c2ccccc2C(=O)N[C@H]2CCCc3occc32)n1. The van der Waals surface area contributed by atoms with Crippen molar-refractivity contribution in [2.75, 3.05) is 0 Å². The van der Waals surface area contributed by atoms with Crippen LogP contribution in [-0.4, -0.2) is 16.0 Å². The lowest BCUT2D eigenvalue weighted by atomic mass is 9.93. The lowest BCUT2D eigenvalue weighted by Crippen LogP contribution is -2.30. The molecule has 2 heterocycles. The molecule has 1 aliphatic carbocycles.